The van der Waals surface area contributed by atoms with Crippen LogP contribution in [0.3, 0.4) is 0 Å². The van der Waals surface area contributed by atoms with E-state index < -0.39 is 21.7 Å². The fraction of sp³-hybridized carbons (Fsp3) is 0.0943. The van der Waals surface area contributed by atoms with Gasteiger partial charge in [-0.15, -0.1) is 0 Å². The number of furan rings is 2. The first-order valence-electron chi connectivity index (χ1n) is 38.8. The van der Waals surface area contributed by atoms with E-state index in [9.17, 15) is 0 Å². The molecule has 0 saturated carbocycles. The Labute approximate surface area is 635 Å². The number of nitrogens with zero attached hydrogens (tertiary/aromatic N) is 2. The summed E-state index contributed by atoms with van der Waals surface area (Å²) in [7, 11) is 0. The Morgan fingerprint density at radius 3 is 0.918 bits per heavy atom. The summed E-state index contributed by atoms with van der Waals surface area (Å²) in [5.41, 5.74) is 16.9. The highest BCUT2D eigenvalue weighted by Gasteiger charge is 2.71. The van der Waals surface area contributed by atoms with Gasteiger partial charge < -0.3 is 18.6 Å². The van der Waals surface area contributed by atoms with Crippen LogP contribution in [0.1, 0.15) is 63.8 Å². The zero-order valence-corrected chi connectivity index (χ0v) is 61.9. The van der Waals surface area contributed by atoms with Gasteiger partial charge in [0.15, 0.2) is 11.2 Å². The average molecular weight is 1410 g/mol. The maximum Gasteiger partial charge on any atom is 0.159 e. The molecule has 24 rings (SSSR count). The Hall–Kier alpha value is -13.3. The maximum atomic E-state index is 7.36. The third-order valence-corrected chi connectivity index (χ3v) is 26.1. The van der Waals surface area contributed by atoms with Gasteiger partial charge in [-0.2, -0.15) is 0 Å². The zero-order valence-electron chi connectivity index (χ0n) is 61.9. The van der Waals surface area contributed by atoms with Gasteiger partial charge in [-0.05, 0) is 190 Å². The standard InChI is InChI=1S/C106H72N2O2/c1-103(2,3)105(81-55-49-61-23-7-9-29-69(61)97(81)99-75-35-13-11-31-71(75)89(59-83(99)105)107(87-39-21-37-77-73-33-15-17-41-91(73)109-101(77)87)85-57-51-67-45-43-63-25-19-27-65-47-53-79(85)95(67)93(63)65)106(104(4,5)6)82-56-50-62-24-8-10-30-70(62)98(82)100-76-36-14-12-32-72(76)90(60-84(100)106)108(88-40-22-38-78-74-34-16-18-42-92(74)110-102(78)88)86-58-52-68-46-44-64-26-20-28-66-48-54-80(86)96(68)94(64)66/h7-60H,1-6H3. The molecule has 2 aliphatic carbocycles. The van der Waals surface area contributed by atoms with Gasteiger partial charge in [-0.25, -0.2) is 0 Å². The number of anilines is 6. The van der Waals surface area contributed by atoms with Gasteiger partial charge in [0.1, 0.15) is 11.2 Å². The molecule has 0 fully saturated rings. The molecule has 2 unspecified atom stereocenters. The fourth-order valence-electron chi connectivity index (χ4n) is 22.2. The maximum absolute atomic E-state index is 7.36. The van der Waals surface area contributed by atoms with Crippen LogP contribution < -0.4 is 9.80 Å². The molecule has 0 saturated heterocycles. The third-order valence-electron chi connectivity index (χ3n) is 26.1. The van der Waals surface area contributed by atoms with Crippen molar-refractivity contribution in [1.29, 1.82) is 0 Å². The predicted octanol–water partition coefficient (Wildman–Crippen LogP) is 30.2. The van der Waals surface area contributed by atoms with E-state index in [1.165, 1.54) is 141 Å². The van der Waals surface area contributed by atoms with E-state index >= 15 is 0 Å². The number of fused-ring (bicyclic) bond motifs is 20. The number of rotatable bonds is 7. The summed E-state index contributed by atoms with van der Waals surface area (Å²) in [4.78, 5) is 5.22. The van der Waals surface area contributed by atoms with Crippen LogP contribution in [0.15, 0.2) is 336 Å². The fourth-order valence-corrected chi connectivity index (χ4v) is 22.2. The van der Waals surface area contributed by atoms with Crippen LogP contribution in [-0.4, -0.2) is 0 Å². The average Bonchev–Trinajstić information content (AvgIpc) is 1.44. The largest absolute Gasteiger partial charge is 0.454 e. The van der Waals surface area contributed by atoms with Crippen LogP contribution in [0, 0.1) is 10.8 Å². The van der Waals surface area contributed by atoms with Crippen molar-refractivity contribution in [2.45, 2.75) is 52.4 Å². The molecule has 2 atom stereocenters. The second-order valence-corrected chi connectivity index (χ2v) is 33.2. The van der Waals surface area contributed by atoms with Crippen molar-refractivity contribution in [1.82, 2.24) is 0 Å². The number of para-hydroxylation sites is 4. The lowest BCUT2D eigenvalue weighted by Crippen LogP contribution is -2.62. The predicted molar refractivity (Wildman–Crippen MR) is 466 cm³/mol. The summed E-state index contributed by atoms with van der Waals surface area (Å²) in [6, 6.07) is 125. The Bertz CT molecular complexity index is 7300. The Kier molecular flexibility index (Phi) is 12.2. The molecular weight excluding hydrogens is 1330 g/mol. The van der Waals surface area contributed by atoms with Gasteiger partial charge >= 0.3 is 0 Å². The topological polar surface area (TPSA) is 32.8 Å². The lowest BCUT2D eigenvalue weighted by Gasteiger charge is -2.62. The molecule has 0 N–H and O–H groups in total. The molecule has 4 heteroatoms. The highest BCUT2D eigenvalue weighted by molar-refractivity contribution is 6.30. The van der Waals surface area contributed by atoms with E-state index in [1.54, 1.807) is 0 Å². The van der Waals surface area contributed by atoms with E-state index in [0.29, 0.717) is 0 Å². The van der Waals surface area contributed by atoms with E-state index in [0.717, 1.165) is 88.8 Å². The van der Waals surface area contributed by atoms with E-state index in [4.69, 9.17) is 8.83 Å². The first-order valence-corrected chi connectivity index (χ1v) is 38.8. The van der Waals surface area contributed by atoms with Crippen LogP contribution in [0.25, 0.3) is 174 Å². The van der Waals surface area contributed by atoms with E-state index in [-0.39, 0.29) is 0 Å². The third kappa shape index (κ3) is 7.75. The van der Waals surface area contributed by atoms with Crippen molar-refractivity contribution in [3.05, 3.63) is 350 Å². The molecule has 0 aliphatic heterocycles. The second kappa shape index (κ2) is 21.7. The monoisotopic (exact) mass is 1400 g/mol. The van der Waals surface area contributed by atoms with Crippen molar-refractivity contribution in [3.63, 3.8) is 0 Å². The normalized spacial score (nSPS) is 15.8. The van der Waals surface area contributed by atoms with E-state index in [1.807, 2.05) is 0 Å². The summed E-state index contributed by atoms with van der Waals surface area (Å²) in [6.07, 6.45) is 0. The molecule has 0 bridgehead atoms. The first kappa shape index (κ1) is 61.8. The van der Waals surface area contributed by atoms with Gasteiger partial charge in [-0.3, -0.25) is 0 Å². The number of benzene rings is 20. The van der Waals surface area contributed by atoms with Crippen LogP contribution >= 0.6 is 0 Å². The Balaban J connectivity index is 0.896. The molecule has 0 spiro atoms. The molecule has 110 heavy (non-hydrogen) atoms. The highest BCUT2D eigenvalue weighted by Crippen LogP contribution is 2.78. The smallest absolute Gasteiger partial charge is 0.159 e. The number of hydrogen-bond donors (Lipinski definition) is 0. The molecule has 518 valence electrons. The lowest BCUT2D eigenvalue weighted by molar-refractivity contribution is 0.0596. The summed E-state index contributed by atoms with van der Waals surface area (Å²) in [6.45, 7) is 15.5. The minimum absolute atomic E-state index is 0.596. The van der Waals surface area contributed by atoms with Crippen molar-refractivity contribution in [2.24, 2.45) is 10.8 Å². The van der Waals surface area contributed by atoms with Crippen molar-refractivity contribution in [3.8, 4) is 22.3 Å². The van der Waals surface area contributed by atoms with Gasteiger partial charge in [-0.1, -0.05) is 321 Å². The van der Waals surface area contributed by atoms with Gasteiger partial charge in [0.25, 0.3) is 0 Å². The summed E-state index contributed by atoms with van der Waals surface area (Å²) in [5.74, 6) is 0. The summed E-state index contributed by atoms with van der Waals surface area (Å²) in [5, 5.41) is 28.6. The SMILES string of the molecule is CC(C)(C)C1(C2(C(C)(C)C)c3ccc4ccccc4c3-c3c2cc(N(c2ccc4ccc5cccc6ccc2c4c56)c2cccc4c2oc2ccccc24)c2ccccc32)c2ccc3ccccc3c2-c2c1cc(N(c1ccc3ccc4cccc5ccc1c3c45)c1cccc3c1oc1ccccc13)c1ccccc21. The van der Waals surface area contributed by atoms with Gasteiger partial charge in [0.05, 0.1) is 34.1 Å². The molecule has 2 aromatic heterocycles. The number of hydrogen-bond acceptors (Lipinski definition) is 4. The van der Waals surface area contributed by atoms with Crippen LogP contribution in [0.2, 0.25) is 0 Å². The second-order valence-electron chi connectivity index (χ2n) is 33.2. The molecule has 0 amide bonds. The first-order chi connectivity index (χ1) is 53.9. The summed E-state index contributed by atoms with van der Waals surface area (Å²) < 4.78 is 14.7. The quantitative estimate of drug-likeness (QED) is 0.149. The highest BCUT2D eigenvalue weighted by atomic mass is 16.3. The van der Waals surface area contributed by atoms with Crippen LogP contribution in [0.4, 0.5) is 34.1 Å². The van der Waals surface area contributed by atoms with Crippen molar-refractivity contribution < 1.29 is 8.83 Å². The van der Waals surface area contributed by atoms with Crippen molar-refractivity contribution >= 4 is 186 Å². The zero-order chi connectivity index (χ0) is 73.0. The lowest BCUT2D eigenvalue weighted by atomic mass is 9.39. The molecule has 4 nitrogen and oxygen atoms in total. The molecular formula is C106H72N2O2. The molecule has 2 aliphatic rings. The molecule has 2 heterocycles. The van der Waals surface area contributed by atoms with Crippen LogP contribution in [0.5, 0.6) is 0 Å². The Morgan fingerprint density at radius 2 is 0.509 bits per heavy atom. The van der Waals surface area contributed by atoms with Crippen LogP contribution in [-0.2, 0) is 10.8 Å². The van der Waals surface area contributed by atoms with Gasteiger partial charge in [0, 0.05) is 53.9 Å². The van der Waals surface area contributed by atoms with E-state index in [2.05, 4.69) is 379 Å². The van der Waals surface area contributed by atoms with Gasteiger partial charge in [0.2, 0.25) is 0 Å². The molecule has 22 aromatic rings. The minimum Gasteiger partial charge on any atom is -0.454 e. The molecule has 20 aromatic carbocycles. The molecule has 0 radical (unpaired) electrons. The summed E-state index contributed by atoms with van der Waals surface area (Å²) >= 11 is 0. The van der Waals surface area contributed by atoms with Crippen molar-refractivity contribution in [2.75, 3.05) is 9.80 Å². The minimum atomic E-state index is -0.926. The Morgan fingerprint density at radius 1 is 0.209 bits per heavy atom.